The number of hydrogen-bond acceptors (Lipinski definition) is 3. The highest BCUT2D eigenvalue weighted by molar-refractivity contribution is 6.30. The van der Waals surface area contributed by atoms with Gasteiger partial charge in [0.05, 0.1) is 17.1 Å². The molecule has 4 rings (SSSR count). The molecular formula is C27H27ClN4O2. The van der Waals surface area contributed by atoms with E-state index in [1.807, 2.05) is 79.9 Å². The zero-order valence-electron chi connectivity index (χ0n) is 19.4. The summed E-state index contributed by atoms with van der Waals surface area (Å²) < 4.78 is 1.89. The highest BCUT2D eigenvalue weighted by Gasteiger charge is 2.24. The monoisotopic (exact) mass is 474 g/mol. The summed E-state index contributed by atoms with van der Waals surface area (Å²) in [5.41, 5.74) is 2.96. The van der Waals surface area contributed by atoms with E-state index < -0.39 is 6.04 Å². The first kappa shape index (κ1) is 23.5. The van der Waals surface area contributed by atoms with Crippen LogP contribution >= 0.6 is 11.6 Å². The maximum atomic E-state index is 13.5. The molecule has 7 heteroatoms. The van der Waals surface area contributed by atoms with Crippen molar-refractivity contribution in [2.75, 3.05) is 4.90 Å². The topological polar surface area (TPSA) is 67.2 Å². The molecule has 1 heterocycles. The molecule has 1 atom stereocenters. The minimum absolute atomic E-state index is 0.0184. The number of carbonyl (C=O) groups excluding carboxylic acids is 2. The lowest BCUT2D eigenvalue weighted by molar-refractivity contribution is -0.119. The first-order valence-electron chi connectivity index (χ1n) is 11.2. The number of anilines is 1. The molecular weight excluding hydrogens is 448 g/mol. The molecule has 0 saturated heterocycles. The van der Waals surface area contributed by atoms with Gasteiger partial charge in [-0.3, -0.25) is 9.59 Å². The van der Waals surface area contributed by atoms with Crippen molar-refractivity contribution in [3.63, 3.8) is 0 Å². The Bertz CT molecular complexity index is 1300. The van der Waals surface area contributed by atoms with Crippen LogP contribution in [0.25, 0.3) is 11.0 Å². The third-order valence-electron chi connectivity index (χ3n) is 5.64. The number of halogens is 1. The van der Waals surface area contributed by atoms with E-state index in [1.165, 1.54) is 0 Å². The van der Waals surface area contributed by atoms with Crippen LogP contribution in [-0.4, -0.2) is 27.4 Å². The molecule has 1 N–H and O–H groups in total. The summed E-state index contributed by atoms with van der Waals surface area (Å²) in [6, 6.07) is 23.6. The van der Waals surface area contributed by atoms with Gasteiger partial charge in [-0.2, -0.15) is 0 Å². The highest BCUT2D eigenvalue weighted by atomic mass is 35.5. The fourth-order valence-electron chi connectivity index (χ4n) is 4.07. The smallest absolute Gasteiger partial charge is 0.251 e. The molecule has 0 fully saturated rings. The molecule has 0 aliphatic carbocycles. The second-order valence-electron chi connectivity index (χ2n) is 8.44. The van der Waals surface area contributed by atoms with Gasteiger partial charge in [0.25, 0.3) is 5.91 Å². The summed E-state index contributed by atoms with van der Waals surface area (Å²) >= 11 is 5.94. The van der Waals surface area contributed by atoms with Crippen molar-refractivity contribution in [1.82, 2.24) is 14.9 Å². The van der Waals surface area contributed by atoms with Crippen LogP contribution in [0.3, 0.4) is 0 Å². The van der Waals surface area contributed by atoms with Crippen LogP contribution in [0.5, 0.6) is 0 Å². The zero-order chi connectivity index (χ0) is 24.2. The Kier molecular flexibility index (Phi) is 6.98. The van der Waals surface area contributed by atoms with Crippen molar-refractivity contribution in [3.05, 3.63) is 95.3 Å². The van der Waals surface area contributed by atoms with Crippen LogP contribution in [0.2, 0.25) is 5.02 Å². The number of aromatic nitrogens is 2. The van der Waals surface area contributed by atoms with E-state index in [2.05, 4.69) is 5.32 Å². The molecule has 0 radical (unpaired) electrons. The number of amides is 2. The summed E-state index contributed by atoms with van der Waals surface area (Å²) in [6.07, 6.45) is 0. The molecule has 2 amide bonds. The number of nitrogens with zero attached hydrogens (tertiary/aromatic N) is 3. The van der Waals surface area contributed by atoms with Crippen molar-refractivity contribution in [2.24, 2.45) is 0 Å². The fraction of sp³-hybridized carbons (Fsp3) is 0.222. The highest BCUT2D eigenvalue weighted by Crippen LogP contribution is 2.23. The Morgan fingerprint density at radius 1 is 0.941 bits per heavy atom. The minimum Gasteiger partial charge on any atom is -0.342 e. The van der Waals surface area contributed by atoms with E-state index in [1.54, 1.807) is 29.2 Å². The summed E-state index contributed by atoms with van der Waals surface area (Å²) in [5.74, 6) is 0.331. The van der Waals surface area contributed by atoms with Gasteiger partial charge < -0.3 is 14.8 Å². The standard InChI is InChI=1S/C27H27ClN4O2/c1-18(2)32(22-9-5-4-6-10-22)25(33)17-31-24-12-8-7-11-23(24)30-26(31)19(3)29-27(34)20-13-15-21(28)16-14-20/h4-16,18-19H,17H2,1-3H3,(H,29,34). The lowest BCUT2D eigenvalue weighted by atomic mass is 10.2. The molecule has 0 aliphatic rings. The number of benzene rings is 3. The van der Waals surface area contributed by atoms with Gasteiger partial charge in [-0.05, 0) is 69.3 Å². The van der Waals surface area contributed by atoms with E-state index in [9.17, 15) is 9.59 Å². The summed E-state index contributed by atoms with van der Waals surface area (Å²) in [4.78, 5) is 32.9. The number of hydrogen-bond donors (Lipinski definition) is 1. The van der Waals surface area contributed by atoms with Crippen LogP contribution < -0.4 is 10.2 Å². The second-order valence-corrected chi connectivity index (χ2v) is 8.88. The van der Waals surface area contributed by atoms with Crippen LogP contribution in [0.15, 0.2) is 78.9 Å². The van der Waals surface area contributed by atoms with Crippen LogP contribution in [-0.2, 0) is 11.3 Å². The summed E-state index contributed by atoms with van der Waals surface area (Å²) in [5, 5.41) is 3.57. The Morgan fingerprint density at radius 3 is 2.26 bits per heavy atom. The quantitative estimate of drug-likeness (QED) is 0.378. The molecule has 4 aromatic rings. The van der Waals surface area contributed by atoms with Crippen molar-refractivity contribution in [2.45, 2.75) is 39.4 Å². The number of rotatable bonds is 7. The van der Waals surface area contributed by atoms with E-state index in [0.717, 1.165) is 16.7 Å². The molecule has 3 aromatic carbocycles. The minimum atomic E-state index is -0.424. The van der Waals surface area contributed by atoms with Crippen molar-refractivity contribution in [1.29, 1.82) is 0 Å². The molecule has 0 aliphatic heterocycles. The average Bonchev–Trinajstić information content (AvgIpc) is 3.18. The van der Waals surface area contributed by atoms with Gasteiger partial charge in [0.2, 0.25) is 5.91 Å². The first-order chi connectivity index (χ1) is 16.3. The largest absolute Gasteiger partial charge is 0.342 e. The lowest BCUT2D eigenvalue weighted by Gasteiger charge is -2.28. The van der Waals surface area contributed by atoms with E-state index in [0.29, 0.717) is 16.4 Å². The number of carbonyl (C=O) groups is 2. The average molecular weight is 475 g/mol. The summed E-state index contributed by atoms with van der Waals surface area (Å²) in [7, 11) is 0. The molecule has 0 bridgehead atoms. The molecule has 0 spiro atoms. The van der Waals surface area contributed by atoms with E-state index in [-0.39, 0.29) is 24.4 Å². The molecule has 174 valence electrons. The maximum absolute atomic E-state index is 13.5. The van der Waals surface area contributed by atoms with Crippen molar-refractivity contribution < 1.29 is 9.59 Å². The van der Waals surface area contributed by atoms with E-state index >= 15 is 0 Å². The molecule has 34 heavy (non-hydrogen) atoms. The fourth-order valence-corrected chi connectivity index (χ4v) is 4.19. The van der Waals surface area contributed by atoms with Crippen LogP contribution in [0, 0.1) is 0 Å². The second kappa shape index (κ2) is 10.1. The van der Waals surface area contributed by atoms with Crippen molar-refractivity contribution in [3.8, 4) is 0 Å². The van der Waals surface area contributed by atoms with Crippen LogP contribution in [0.1, 0.15) is 43.0 Å². The number of imidazole rings is 1. The van der Waals surface area contributed by atoms with Gasteiger partial charge >= 0.3 is 0 Å². The Labute approximate surface area is 204 Å². The number of para-hydroxylation sites is 3. The normalized spacial score (nSPS) is 12.0. The molecule has 6 nitrogen and oxygen atoms in total. The van der Waals surface area contributed by atoms with Gasteiger partial charge in [0.1, 0.15) is 12.4 Å². The van der Waals surface area contributed by atoms with Gasteiger partial charge in [-0.15, -0.1) is 0 Å². The van der Waals surface area contributed by atoms with Gasteiger partial charge in [-0.25, -0.2) is 4.98 Å². The molecule has 0 saturated carbocycles. The molecule has 1 unspecified atom stereocenters. The third-order valence-corrected chi connectivity index (χ3v) is 5.89. The number of nitrogens with one attached hydrogen (secondary N) is 1. The first-order valence-corrected chi connectivity index (χ1v) is 11.6. The molecule has 1 aromatic heterocycles. The number of fused-ring (bicyclic) bond motifs is 1. The van der Waals surface area contributed by atoms with Gasteiger partial charge in [0.15, 0.2) is 0 Å². The lowest BCUT2D eigenvalue weighted by Crippen LogP contribution is -2.40. The third kappa shape index (κ3) is 4.97. The Hall–Kier alpha value is -3.64. The predicted octanol–water partition coefficient (Wildman–Crippen LogP) is 5.62. The van der Waals surface area contributed by atoms with Gasteiger partial charge in [0, 0.05) is 22.3 Å². The maximum Gasteiger partial charge on any atom is 0.251 e. The summed E-state index contributed by atoms with van der Waals surface area (Å²) in [6.45, 7) is 5.96. The van der Waals surface area contributed by atoms with Gasteiger partial charge in [-0.1, -0.05) is 41.9 Å². The Morgan fingerprint density at radius 2 is 1.59 bits per heavy atom. The SMILES string of the molecule is CC(NC(=O)c1ccc(Cl)cc1)c1nc2ccccc2n1CC(=O)N(c1ccccc1)C(C)C. The zero-order valence-corrected chi connectivity index (χ0v) is 20.2. The predicted molar refractivity (Wildman–Crippen MR) is 136 cm³/mol. The Balaban J connectivity index is 1.65. The van der Waals surface area contributed by atoms with Crippen molar-refractivity contribution >= 4 is 40.1 Å². The van der Waals surface area contributed by atoms with Crippen LogP contribution in [0.4, 0.5) is 5.69 Å². The van der Waals surface area contributed by atoms with E-state index in [4.69, 9.17) is 16.6 Å².